The largest absolute Gasteiger partial charge is 0.458 e. The molecule has 4 heteroatoms. The SMILES string of the molecule is CC(=O)OC(C)(C)C1SCCCS1. The maximum Gasteiger partial charge on any atom is 0.303 e. The molecule has 0 aromatic carbocycles. The zero-order valence-electron chi connectivity index (χ0n) is 8.33. The first-order valence-electron chi connectivity index (χ1n) is 4.45. The summed E-state index contributed by atoms with van der Waals surface area (Å²) >= 11 is 3.80. The van der Waals surface area contributed by atoms with Crippen molar-refractivity contribution in [2.75, 3.05) is 11.5 Å². The molecule has 0 saturated carbocycles. The number of ether oxygens (including phenoxy) is 1. The first-order chi connectivity index (χ1) is 6.02. The van der Waals surface area contributed by atoms with Crippen LogP contribution in [-0.2, 0) is 9.53 Å². The highest BCUT2D eigenvalue weighted by molar-refractivity contribution is 8.17. The van der Waals surface area contributed by atoms with E-state index >= 15 is 0 Å². The lowest BCUT2D eigenvalue weighted by molar-refractivity contribution is -0.152. The van der Waals surface area contributed by atoms with Crippen LogP contribution in [0.3, 0.4) is 0 Å². The lowest BCUT2D eigenvalue weighted by Crippen LogP contribution is -2.38. The summed E-state index contributed by atoms with van der Waals surface area (Å²) in [5, 5.41) is 0. The summed E-state index contributed by atoms with van der Waals surface area (Å²) in [5.74, 6) is 2.18. The molecule has 0 spiro atoms. The molecule has 0 aromatic rings. The molecule has 0 amide bonds. The molecular formula is C9H16O2S2. The topological polar surface area (TPSA) is 26.3 Å². The number of esters is 1. The molecule has 1 rings (SSSR count). The Hall–Kier alpha value is 0.170. The molecule has 1 fully saturated rings. The quantitative estimate of drug-likeness (QED) is 0.668. The Morgan fingerprint density at radius 3 is 2.38 bits per heavy atom. The van der Waals surface area contributed by atoms with Gasteiger partial charge in [0, 0.05) is 6.92 Å². The predicted molar refractivity (Wildman–Crippen MR) is 59.2 cm³/mol. The Kier molecular flexibility index (Phi) is 3.98. The fourth-order valence-electron chi connectivity index (χ4n) is 1.31. The van der Waals surface area contributed by atoms with Gasteiger partial charge in [0.25, 0.3) is 0 Å². The fraction of sp³-hybridized carbons (Fsp3) is 0.889. The Bertz CT molecular complexity index is 186. The first-order valence-corrected chi connectivity index (χ1v) is 6.55. The Labute approximate surface area is 88.2 Å². The average molecular weight is 220 g/mol. The summed E-state index contributed by atoms with van der Waals surface area (Å²) in [6.45, 7) is 5.45. The monoisotopic (exact) mass is 220 g/mol. The molecule has 1 aliphatic heterocycles. The Morgan fingerprint density at radius 2 is 1.92 bits per heavy atom. The molecule has 1 heterocycles. The third-order valence-electron chi connectivity index (χ3n) is 1.80. The summed E-state index contributed by atoms with van der Waals surface area (Å²) in [6.07, 6.45) is 1.27. The normalized spacial score (nSPS) is 19.9. The van der Waals surface area contributed by atoms with E-state index in [1.165, 1.54) is 24.9 Å². The number of thioether (sulfide) groups is 2. The van der Waals surface area contributed by atoms with Crippen LogP contribution in [0.2, 0.25) is 0 Å². The third-order valence-corrected chi connectivity index (χ3v) is 5.41. The maximum atomic E-state index is 10.9. The second-order valence-corrected chi connectivity index (χ2v) is 6.35. The fourth-order valence-corrected chi connectivity index (χ4v) is 4.40. The van der Waals surface area contributed by atoms with Crippen molar-refractivity contribution in [2.45, 2.75) is 37.4 Å². The van der Waals surface area contributed by atoms with Crippen molar-refractivity contribution in [3.63, 3.8) is 0 Å². The van der Waals surface area contributed by atoms with Gasteiger partial charge in [-0.2, -0.15) is 0 Å². The van der Waals surface area contributed by atoms with E-state index in [4.69, 9.17) is 4.74 Å². The molecule has 2 nitrogen and oxygen atoms in total. The van der Waals surface area contributed by atoms with Gasteiger partial charge in [-0.25, -0.2) is 0 Å². The number of carbonyl (C=O) groups is 1. The van der Waals surface area contributed by atoms with Crippen molar-refractivity contribution in [2.24, 2.45) is 0 Å². The van der Waals surface area contributed by atoms with Crippen LogP contribution >= 0.6 is 23.5 Å². The van der Waals surface area contributed by atoms with Crippen LogP contribution in [0.1, 0.15) is 27.2 Å². The molecule has 1 aliphatic rings. The van der Waals surface area contributed by atoms with E-state index in [2.05, 4.69) is 0 Å². The minimum absolute atomic E-state index is 0.184. The van der Waals surface area contributed by atoms with Crippen molar-refractivity contribution in [3.05, 3.63) is 0 Å². The summed E-state index contributed by atoms with van der Waals surface area (Å²) < 4.78 is 5.69. The van der Waals surface area contributed by atoms with Gasteiger partial charge < -0.3 is 4.74 Å². The van der Waals surface area contributed by atoms with Crippen LogP contribution in [0.15, 0.2) is 0 Å². The second kappa shape index (κ2) is 4.60. The van der Waals surface area contributed by atoms with Crippen LogP contribution in [-0.4, -0.2) is 27.7 Å². The molecule has 0 aromatic heterocycles. The van der Waals surface area contributed by atoms with Crippen LogP contribution in [0, 0.1) is 0 Å². The molecular weight excluding hydrogens is 204 g/mol. The van der Waals surface area contributed by atoms with Gasteiger partial charge in [0.2, 0.25) is 0 Å². The molecule has 0 bridgehead atoms. The lowest BCUT2D eigenvalue weighted by Gasteiger charge is -2.34. The summed E-state index contributed by atoms with van der Waals surface area (Å²) in [7, 11) is 0. The third kappa shape index (κ3) is 3.43. The van der Waals surface area contributed by atoms with Crippen molar-refractivity contribution in [3.8, 4) is 0 Å². The zero-order chi connectivity index (χ0) is 9.90. The highest BCUT2D eigenvalue weighted by Gasteiger charge is 2.34. The van der Waals surface area contributed by atoms with Crippen molar-refractivity contribution in [1.29, 1.82) is 0 Å². The molecule has 0 atom stereocenters. The van der Waals surface area contributed by atoms with Gasteiger partial charge >= 0.3 is 5.97 Å². The average Bonchev–Trinajstić information content (AvgIpc) is 2.04. The van der Waals surface area contributed by atoms with Crippen molar-refractivity contribution >= 4 is 29.5 Å². The number of rotatable bonds is 2. The molecule has 13 heavy (non-hydrogen) atoms. The summed E-state index contributed by atoms with van der Waals surface area (Å²) in [4.78, 5) is 10.9. The molecule has 76 valence electrons. The van der Waals surface area contributed by atoms with Crippen LogP contribution in [0.4, 0.5) is 0 Å². The van der Waals surface area contributed by atoms with Gasteiger partial charge in [-0.1, -0.05) is 0 Å². The van der Waals surface area contributed by atoms with E-state index in [-0.39, 0.29) is 11.6 Å². The maximum absolute atomic E-state index is 10.9. The zero-order valence-corrected chi connectivity index (χ0v) is 9.96. The number of carbonyl (C=O) groups excluding carboxylic acids is 1. The second-order valence-electron chi connectivity index (χ2n) is 3.62. The highest BCUT2D eigenvalue weighted by atomic mass is 32.2. The minimum atomic E-state index is -0.332. The summed E-state index contributed by atoms with van der Waals surface area (Å²) in [5.41, 5.74) is -0.332. The van der Waals surface area contributed by atoms with Gasteiger partial charge in [0.05, 0.1) is 4.58 Å². The van der Waals surface area contributed by atoms with Gasteiger partial charge in [0.15, 0.2) is 0 Å². The van der Waals surface area contributed by atoms with E-state index in [9.17, 15) is 4.79 Å². The van der Waals surface area contributed by atoms with Gasteiger partial charge in [0.1, 0.15) is 5.60 Å². The van der Waals surface area contributed by atoms with E-state index in [0.29, 0.717) is 4.58 Å². The van der Waals surface area contributed by atoms with Gasteiger partial charge in [-0.05, 0) is 31.8 Å². The summed E-state index contributed by atoms with van der Waals surface area (Å²) in [6, 6.07) is 0. The van der Waals surface area contributed by atoms with Crippen molar-refractivity contribution in [1.82, 2.24) is 0 Å². The number of hydrogen-bond donors (Lipinski definition) is 0. The molecule has 0 N–H and O–H groups in total. The first kappa shape index (κ1) is 11.2. The molecule has 0 unspecified atom stereocenters. The Balaban J connectivity index is 2.50. The molecule has 0 radical (unpaired) electrons. The number of hydrogen-bond acceptors (Lipinski definition) is 4. The van der Waals surface area contributed by atoms with Gasteiger partial charge in [-0.15, -0.1) is 23.5 Å². The van der Waals surface area contributed by atoms with E-state index in [1.807, 2.05) is 37.4 Å². The standard InChI is InChI=1S/C9H16O2S2/c1-7(10)11-9(2,3)8-12-5-4-6-13-8/h8H,4-6H2,1-3H3. The van der Waals surface area contributed by atoms with Crippen molar-refractivity contribution < 1.29 is 9.53 Å². The van der Waals surface area contributed by atoms with E-state index < -0.39 is 0 Å². The minimum Gasteiger partial charge on any atom is -0.458 e. The Morgan fingerprint density at radius 1 is 1.38 bits per heavy atom. The van der Waals surface area contributed by atoms with Crippen LogP contribution in [0.5, 0.6) is 0 Å². The van der Waals surface area contributed by atoms with E-state index in [0.717, 1.165) is 0 Å². The molecule has 0 aliphatic carbocycles. The van der Waals surface area contributed by atoms with Crippen LogP contribution < -0.4 is 0 Å². The van der Waals surface area contributed by atoms with Crippen LogP contribution in [0.25, 0.3) is 0 Å². The highest BCUT2D eigenvalue weighted by Crippen LogP contribution is 2.39. The smallest absolute Gasteiger partial charge is 0.303 e. The van der Waals surface area contributed by atoms with Gasteiger partial charge in [-0.3, -0.25) is 4.79 Å². The predicted octanol–water partition coefficient (Wildman–Crippen LogP) is 2.52. The lowest BCUT2D eigenvalue weighted by atomic mass is 10.2. The van der Waals surface area contributed by atoms with E-state index in [1.54, 1.807) is 0 Å². The molecule has 1 saturated heterocycles.